The lowest BCUT2D eigenvalue weighted by Crippen LogP contribution is -2.50. The van der Waals surface area contributed by atoms with Crippen LogP contribution < -0.4 is 4.74 Å². The third-order valence-electron chi connectivity index (χ3n) is 4.77. The summed E-state index contributed by atoms with van der Waals surface area (Å²) in [5.74, 6) is 0.789. The Bertz CT molecular complexity index is 933. The van der Waals surface area contributed by atoms with Crippen molar-refractivity contribution in [2.45, 2.75) is 13.3 Å². The largest absolute Gasteiger partial charge is 0.494 e. The molecule has 0 saturated carbocycles. The second-order valence-corrected chi connectivity index (χ2v) is 8.61. The van der Waals surface area contributed by atoms with E-state index in [1.54, 1.807) is 11.0 Å². The number of carbonyl (C=O) groups is 1. The van der Waals surface area contributed by atoms with E-state index < -0.39 is 10.0 Å². The molecule has 0 atom stereocenters. The van der Waals surface area contributed by atoms with Gasteiger partial charge in [-0.15, -0.1) is 0 Å². The predicted octanol–water partition coefficient (Wildman–Crippen LogP) is 2.77. The van der Waals surface area contributed by atoms with Gasteiger partial charge in [0.05, 0.1) is 13.0 Å². The Morgan fingerprint density at radius 2 is 1.66 bits per heavy atom. The Morgan fingerprint density at radius 3 is 2.28 bits per heavy atom. The maximum Gasteiger partial charge on any atom is 0.236 e. The number of piperazine rings is 1. The van der Waals surface area contributed by atoms with Gasteiger partial charge in [0.15, 0.2) is 0 Å². The van der Waals surface area contributed by atoms with Crippen molar-refractivity contribution in [3.63, 3.8) is 0 Å². The number of sulfonamides is 1. The Balaban J connectivity index is 1.52. The van der Waals surface area contributed by atoms with Crippen molar-refractivity contribution in [1.29, 1.82) is 0 Å². The first-order chi connectivity index (χ1) is 14.0. The zero-order chi connectivity index (χ0) is 20.7. The van der Waals surface area contributed by atoms with Crippen LogP contribution in [0, 0.1) is 0 Å². The lowest BCUT2D eigenvalue weighted by molar-refractivity contribution is -0.131. The van der Waals surface area contributed by atoms with Crippen LogP contribution in [-0.2, 0) is 21.2 Å². The van der Waals surface area contributed by atoms with E-state index in [1.165, 1.54) is 9.71 Å². The minimum Gasteiger partial charge on any atom is -0.494 e. The Kier molecular flexibility index (Phi) is 7.06. The second kappa shape index (κ2) is 9.71. The van der Waals surface area contributed by atoms with Crippen molar-refractivity contribution in [3.05, 3.63) is 71.1 Å². The van der Waals surface area contributed by atoms with Gasteiger partial charge < -0.3 is 9.64 Å². The van der Waals surface area contributed by atoms with Gasteiger partial charge in [0.1, 0.15) is 5.75 Å². The van der Waals surface area contributed by atoms with Crippen molar-refractivity contribution in [2.24, 2.45) is 0 Å². The van der Waals surface area contributed by atoms with Gasteiger partial charge in [-0.3, -0.25) is 4.79 Å². The average Bonchev–Trinajstić information content (AvgIpc) is 2.75. The molecular formula is C22H26N2O4S. The summed E-state index contributed by atoms with van der Waals surface area (Å²) in [5.41, 5.74) is 1.75. The van der Waals surface area contributed by atoms with Crippen LogP contribution in [0.5, 0.6) is 5.75 Å². The molecule has 1 fully saturated rings. The van der Waals surface area contributed by atoms with Crippen molar-refractivity contribution < 1.29 is 17.9 Å². The van der Waals surface area contributed by atoms with Crippen LogP contribution in [0.15, 0.2) is 60.0 Å². The number of benzene rings is 2. The van der Waals surface area contributed by atoms with Crippen molar-refractivity contribution in [1.82, 2.24) is 9.21 Å². The Morgan fingerprint density at radius 1 is 1.00 bits per heavy atom. The number of hydrogen-bond donors (Lipinski definition) is 0. The van der Waals surface area contributed by atoms with E-state index in [9.17, 15) is 13.2 Å². The van der Waals surface area contributed by atoms with Crippen molar-refractivity contribution >= 4 is 22.0 Å². The standard InChI is InChI=1S/C22H26N2O4S/c1-2-28-21-10-8-20(9-11-21)18-22(25)23-13-15-24(16-14-23)29(26,27)17-12-19-6-4-3-5-7-19/h3-12,17H,2,13-16,18H2,1H3/b17-12+. The summed E-state index contributed by atoms with van der Waals surface area (Å²) in [5, 5.41) is 1.24. The monoisotopic (exact) mass is 414 g/mol. The fourth-order valence-corrected chi connectivity index (χ4v) is 4.34. The second-order valence-electron chi connectivity index (χ2n) is 6.79. The maximum absolute atomic E-state index is 12.6. The third kappa shape index (κ3) is 5.92. The van der Waals surface area contributed by atoms with E-state index >= 15 is 0 Å². The highest BCUT2D eigenvalue weighted by Crippen LogP contribution is 2.15. The average molecular weight is 415 g/mol. The van der Waals surface area contributed by atoms with Gasteiger partial charge in [0.2, 0.25) is 15.9 Å². The number of rotatable bonds is 7. The molecule has 0 bridgehead atoms. The minimum absolute atomic E-state index is 0.00559. The van der Waals surface area contributed by atoms with E-state index in [4.69, 9.17) is 4.74 Å². The predicted molar refractivity (Wildman–Crippen MR) is 114 cm³/mol. The van der Waals surface area contributed by atoms with Gasteiger partial charge in [-0.2, -0.15) is 4.31 Å². The van der Waals surface area contributed by atoms with Crippen LogP contribution in [0.1, 0.15) is 18.1 Å². The maximum atomic E-state index is 12.6. The Labute approximate surface area is 172 Å². The first kappa shape index (κ1) is 21.1. The summed E-state index contributed by atoms with van der Waals surface area (Å²) in [4.78, 5) is 14.3. The van der Waals surface area contributed by atoms with E-state index in [1.807, 2.05) is 61.5 Å². The fourth-order valence-electron chi connectivity index (χ4n) is 3.16. The molecular weight excluding hydrogens is 388 g/mol. The van der Waals surface area contributed by atoms with Gasteiger partial charge in [-0.25, -0.2) is 8.42 Å². The molecule has 29 heavy (non-hydrogen) atoms. The summed E-state index contributed by atoms with van der Waals surface area (Å²) >= 11 is 0. The molecule has 0 radical (unpaired) electrons. The highest BCUT2D eigenvalue weighted by molar-refractivity contribution is 7.92. The van der Waals surface area contributed by atoms with Gasteiger partial charge in [0, 0.05) is 31.6 Å². The van der Waals surface area contributed by atoms with E-state index in [2.05, 4.69) is 0 Å². The highest BCUT2D eigenvalue weighted by atomic mass is 32.2. The van der Waals surface area contributed by atoms with Crippen LogP contribution in [0.25, 0.3) is 6.08 Å². The molecule has 0 aliphatic carbocycles. The third-order valence-corrected chi connectivity index (χ3v) is 6.34. The van der Waals surface area contributed by atoms with Crippen LogP contribution >= 0.6 is 0 Å². The van der Waals surface area contributed by atoms with Crippen molar-refractivity contribution in [3.8, 4) is 5.75 Å². The number of hydrogen-bond acceptors (Lipinski definition) is 4. The highest BCUT2D eigenvalue weighted by Gasteiger charge is 2.27. The van der Waals surface area contributed by atoms with Crippen LogP contribution in [0.4, 0.5) is 0 Å². The molecule has 1 amide bonds. The topological polar surface area (TPSA) is 66.9 Å². The number of ether oxygens (including phenoxy) is 1. The van der Waals surface area contributed by atoms with E-state index in [0.29, 0.717) is 39.2 Å². The molecule has 0 N–H and O–H groups in total. The van der Waals surface area contributed by atoms with Gasteiger partial charge in [0.25, 0.3) is 0 Å². The summed E-state index contributed by atoms with van der Waals surface area (Å²) < 4.78 is 31.9. The molecule has 2 aromatic rings. The lowest BCUT2D eigenvalue weighted by Gasteiger charge is -2.33. The number of amides is 1. The van der Waals surface area contributed by atoms with Gasteiger partial charge >= 0.3 is 0 Å². The van der Waals surface area contributed by atoms with Gasteiger partial charge in [-0.1, -0.05) is 42.5 Å². The molecule has 1 aliphatic rings. The molecule has 7 heteroatoms. The summed E-state index contributed by atoms with van der Waals surface area (Å²) in [6.45, 7) is 3.93. The molecule has 1 saturated heterocycles. The summed E-state index contributed by atoms with van der Waals surface area (Å²) in [7, 11) is -3.50. The summed E-state index contributed by atoms with van der Waals surface area (Å²) in [6, 6.07) is 16.8. The zero-order valence-electron chi connectivity index (χ0n) is 16.5. The lowest BCUT2D eigenvalue weighted by atomic mass is 10.1. The minimum atomic E-state index is -3.50. The fraction of sp³-hybridized carbons (Fsp3) is 0.318. The van der Waals surface area contributed by atoms with Crippen LogP contribution in [-0.4, -0.2) is 56.3 Å². The molecule has 0 unspecified atom stereocenters. The SMILES string of the molecule is CCOc1ccc(CC(=O)N2CCN(S(=O)(=O)/C=C/c3ccccc3)CC2)cc1. The molecule has 6 nitrogen and oxygen atoms in total. The molecule has 2 aromatic carbocycles. The molecule has 1 aliphatic heterocycles. The molecule has 1 heterocycles. The Hall–Kier alpha value is -2.64. The van der Waals surface area contributed by atoms with Crippen LogP contribution in [0.3, 0.4) is 0 Å². The van der Waals surface area contributed by atoms with E-state index in [0.717, 1.165) is 16.9 Å². The molecule has 0 aromatic heterocycles. The molecule has 0 spiro atoms. The first-order valence-corrected chi connectivity index (χ1v) is 11.2. The quantitative estimate of drug-likeness (QED) is 0.699. The first-order valence-electron chi connectivity index (χ1n) is 9.71. The number of nitrogens with zero attached hydrogens (tertiary/aromatic N) is 2. The van der Waals surface area contributed by atoms with Gasteiger partial charge in [-0.05, 0) is 36.3 Å². The van der Waals surface area contributed by atoms with E-state index in [-0.39, 0.29) is 5.91 Å². The normalized spacial score (nSPS) is 15.6. The molecule has 154 valence electrons. The summed E-state index contributed by atoms with van der Waals surface area (Å²) in [6.07, 6.45) is 1.89. The van der Waals surface area contributed by atoms with Crippen LogP contribution in [0.2, 0.25) is 0 Å². The number of carbonyl (C=O) groups excluding carboxylic acids is 1. The molecule has 3 rings (SSSR count). The zero-order valence-corrected chi connectivity index (χ0v) is 17.3. The smallest absolute Gasteiger partial charge is 0.236 e. The van der Waals surface area contributed by atoms with Crippen molar-refractivity contribution in [2.75, 3.05) is 32.8 Å².